The maximum Gasteiger partial charge on any atom is 0.338 e. The van der Waals surface area contributed by atoms with Crippen molar-refractivity contribution in [3.8, 4) is 22.5 Å². The number of hydrogen-bond acceptors (Lipinski definition) is 6. The molecule has 1 aliphatic carbocycles. The van der Waals surface area contributed by atoms with Crippen molar-refractivity contribution in [3.63, 3.8) is 0 Å². The Morgan fingerprint density at radius 1 is 0.878 bits per heavy atom. The molecular weight excluding hydrogens is 516 g/mol. The molecule has 0 amide bonds. The highest BCUT2D eigenvalue weighted by molar-refractivity contribution is 6.08. The molecule has 7 heteroatoms. The number of benzene rings is 3. The quantitative estimate of drug-likeness (QED) is 0.0728. The standard InChI is InChI=1S/C34H39N2O5/c1-7-35(8-2)24-15-17-28-30(21-24)41-31-22-25(36(9-3)10-4)16-18-29(31)32(28)26-13-11-12-14-27(26)34(38)40-20-19-39-33(37)23(5)6/h11-18,21-22H,5,7-10,19-20H2,1-4,6H3/q+1. The van der Waals surface area contributed by atoms with Crippen LogP contribution in [0, 0.1) is 0 Å². The summed E-state index contributed by atoms with van der Waals surface area (Å²) in [5.74, 6) is -0.266. The first-order chi connectivity index (χ1) is 19.8. The number of fused-ring (bicyclic) bond motifs is 2. The summed E-state index contributed by atoms with van der Waals surface area (Å²) in [4.78, 5) is 27.3. The van der Waals surface area contributed by atoms with Crippen molar-refractivity contribution in [3.05, 3.63) is 83.7 Å². The third-order valence-electron chi connectivity index (χ3n) is 7.26. The van der Waals surface area contributed by atoms with Gasteiger partial charge in [0.05, 0.1) is 11.6 Å². The number of ether oxygens (including phenoxy) is 2. The van der Waals surface area contributed by atoms with Crippen LogP contribution in [0.4, 0.5) is 5.69 Å². The van der Waals surface area contributed by atoms with E-state index in [1.54, 1.807) is 13.0 Å². The summed E-state index contributed by atoms with van der Waals surface area (Å²) in [6, 6.07) is 19.9. The summed E-state index contributed by atoms with van der Waals surface area (Å²) in [5, 5.41) is 1.98. The van der Waals surface area contributed by atoms with Crippen LogP contribution < -0.4 is 14.8 Å². The average Bonchev–Trinajstić information content (AvgIpc) is 2.99. The van der Waals surface area contributed by atoms with E-state index in [1.807, 2.05) is 18.2 Å². The Morgan fingerprint density at radius 2 is 1.59 bits per heavy atom. The largest absolute Gasteiger partial charge is 0.459 e. The van der Waals surface area contributed by atoms with E-state index < -0.39 is 11.9 Å². The van der Waals surface area contributed by atoms with E-state index in [-0.39, 0.29) is 13.2 Å². The number of esters is 2. The minimum absolute atomic E-state index is 0.0437. The Bertz CT molecular complexity index is 1610. The number of hydrogen-bond donors (Lipinski definition) is 0. The van der Waals surface area contributed by atoms with Gasteiger partial charge in [0.1, 0.15) is 37.6 Å². The molecule has 2 aromatic carbocycles. The normalized spacial score (nSPS) is 11.0. The molecule has 214 valence electrons. The van der Waals surface area contributed by atoms with Crippen LogP contribution >= 0.6 is 0 Å². The van der Waals surface area contributed by atoms with Crippen LogP contribution in [-0.2, 0) is 14.3 Å². The molecule has 0 bridgehead atoms. The second kappa shape index (κ2) is 13.3. The van der Waals surface area contributed by atoms with Crippen LogP contribution in [0.3, 0.4) is 0 Å². The minimum atomic E-state index is -0.513. The SMILES string of the molecule is C=C(C)C(=O)OCCOC(=O)c1ccccc1-c1c2ccc(=[N+](CC)CC)cc-2oc2cc(N(CC)CC)ccc12. The summed E-state index contributed by atoms with van der Waals surface area (Å²) < 4.78 is 19.4. The second-order valence-electron chi connectivity index (χ2n) is 9.78. The highest BCUT2D eigenvalue weighted by atomic mass is 16.6. The number of rotatable bonds is 11. The van der Waals surface area contributed by atoms with E-state index in [9.17, 15) is 9.59 Å². The van der Waals surface area contributed by atoms with E-state index in [0.717, 1.165) is 70.6 Å². The zero-order chi connectivity index (χ0) is 29.5. The summed E-state index contributed by atoms with van der Waals surface area (Å²) >= 11 is 0. The van der Waals surface area contributed by atoms with E-state index in [4.69, 9.17) is 13.9 Å². The van der Waals surface area contributed by atoms with Crippen molar-refractivity contribution in [2.75, 3.05) is 44.3 Å². The lowest BCUT2D eigenvalue weighted by atomic mass is 9.90. The number of carbonyl (C=O) groups is 2. The van der Waals surface area contributed by atoms with Crippen molar-refractivity contribution in [1.29, 1.82) is 0 Å². The Morgan fingerprint density at radius 3 is 2.27 bits per heavy atom. The Labute approximate surface area is 241 Å². The molecule has 2 aromatic rings. The highest BCUT2D eigenvalue weighted by Gasteiger charge is 2.23. The maximum absolute atomic E-state index is 13.3. The Kier molecular flexibility index (Phi) is 9.61. The van der Waals surface area contributed by atoms with Gasteiger partial charge in [-0.2, -0.15) is 0 Å². The smallest absolute Gasteiger partial charge is 0.338 e. The fourth-order valence-electron chi connectivity index (χ4n) is 5.08. The van der Waals surface area contributed by atoms with Gasteiger partial charge in [-0.25, -0.2) is 14.2 Å². The molecule has 0 fully saturated rings. The van der Waals surface area contributed by atoms with Crippen LogP contribution in [0.5, 0.6) is 0 Å². The molecule has 2 aliphatic rings. The van der Waals surface area contributed by atoms with Crippen molar-refractivity contribution >= 4 is 28.6 Å². The van der Waals surface area contributed by atoms with Gasteiger partial charge in [0.2, 0.25) is 5.36 Å². The fourth-order valence-corrected chi connectivity index (χ4v) is 5.08. The van der Waals surface area contributed by atoms with Gasteiger partial charge in [0.25, 0.3) is 0 Å². The van der Waals surface area contributed by atoms with Gasteiger partial charge in [-0.05, 0) is 64.4 Å². The van der Waals surface area contributed by atoms with E-state index in [0.29, 0.717) is 11.1 Å². The van der Waals surface area contributed by atoms with Gasteiger partial charge in [-0.1, -0.05) is 24.8 Å². The molecule has 41 heavy (non-hydrogen) atoms. The summed E-state index contributed by atoms with van der Waals surface area (Å²) in [7, 11) is 0. The van der Waals surface area contributed by atoms with Gasteiger partial charge < -0.3 is 18.8 Å². The topological polar surface area (TPSA) is 72.0 Å². The number of anilines is 1. The highest BCUT2D eigenvalue weighted by Crippen LogP contribution is 2.42. The molecular formula is C34H39N2O5+. The third-order valence-corrected chi connectivity index (χ3v) is 7.26. The molecule has 0 spiro atoms. The monoisotopic (exact) mass is 555 g/mol. The summed E-state index contributed by atoms with van der Waals surface area (Å²) in [6.07, 6.45) is 0. The van der Waals surface area contributed by atoms with Crippen LogP contribution in [0.2, 0.25) is 0 Å². The second-order valence-corrected chi connectivity index (χ2v) is 9.78. The molecule has 1 aliphatic heterocycles. The number of carbonyl (C=O) groups excluding carboxylic acids is 2. The molecule has 0 radical (unpaired) electrons. The third kappa shape index (κ3) is 6.35. The average molecular weight is 556 g/mol. The predicted octanol–water partition coefficient (Wildman–Crippen LogP) is 6.14. The fraction of sp³-hybridized carbons (Fsp3) is 0.324. The molecule has 4 rings (SSSR count). The van der Waals surface area contributed by atoms with Gasteiger partial charge >= 0.3 is 11.9 Å². The molecule has 0 atom stereocenters. The molecule has 0 saturated carbocycles. The molecule has 0 saturated heterocycles. The van der Waals surface area contributed by atoms with Crippen LogP contribution in [0.25, 0.3) is 33.4 Å². The predicted molar refractivity (Wildman–Crippen MR) is 164 cm³/mol. The minimum Gasteiger partial charge on any atom is -0.459 e. The molecule has 1 heterocycles. The summed E-state index contributed by atoms with van der Waals surface area (Å²) in [6.45, 7) is 17.1. The molecule has 7 nitrogen and oxygen atoms in total. The van der Waals surface area contributed by atoms with Gasteiger partial charge in [-0.3, -0.25) is 0 Å². The van der Waals surface area contributed by atoms with Crippen molar-refractivity contribution in [1.82, 2.24) is 4.58 Å². The van der Waals surface area contributed by atoms with E-state index in [2.05, 4.69) is 80.1 Å². The Hall–Kier alpha value is -4.39. The van der Waals surface area contributed by atoms with E-state index in [1.165, 1.54) is 0 Å². The lowest BCUT2D eigenvalue weighted by molar-refractivity contribution is -0.140. The summed E-state index contributed by atoms with van der Waals surface area (Å²) in [5.41, 5.74) is 5.08. The van der Waals surface area contributed by atoms with Crippen LogP contribution in [-0.4, -0.2) is 51.3 Å². The molecule has 0 N–H and O–H groups in total. The first-order valence-corrected chi connectivity index (χ1v) is 14.2. The van der Waals surface area contributed by atoms with Gasteiger partial charge in [0, 0.05) is 53.0 Å². The maximum atomic E-state index is 13.3. The lowest BCUT2D eigenvalue weighted by Gasteiger charge is -2.22. The van der Waals surface area contributed by atoms with Crippen molar-refractivity contribution < 1.29 is 23.5 Å². The van der Waals surface area contributed by atoms with Crippen molar-refractivity contribution in [2.45, 2.75) is 34.6 Å². The molecule has 0 unspecified atom stereocenters. The first-order valence-electron chi connectivity index (χ1n) is 14.2. The lowest BCUT2D eigenvalue weighted by Crippen LogP contribution is -2.29. The zero-order valence-electron chi connectivity index (χ0n) is 24.7. The number of nitrogens with zero attached hydrogens (tertiary/aromatic N) is 2. The van der Waals surface area contributed by atoms with Crippen molar-refractivity contribution in [2.24, 2.45) is 0 Å². The van der Waals surface area contributed by atoms with E-state index >= 15 is 0 Å². The van der Waals surface area contributed by atoms with Gasteiger partial charge in [-0.15, -0.1) is 0 Å². The van der Waals surface area contributed by atoms with Crippen LogP contribution in [0.15, 0.2) is 77.2 Å². The first kappa shape index (κ1) is 29.6. The van der Waals surface area contributed by atoms with Crippen LogP contribution in [0.1, 0.15) is 45.0 Å². The zero-order valence-corrected chi connectivity index (χ0v) is 24.7. The van der Waals surface area contributed by atoms with Gasteiger partial charge in [0.15, 0.2) is 0 Å². The Balaban J connectivity index is 1.88. The molecule has 0 aromatic heterocycles.